The van der Waals surface area contributed by atoms with Gasteiger partial charge in [-0.15, -0.1) is 0 Å². The van der Waals surface area contributed by atoms with E-state index >= 15 is 0 Å². The van der Waals surface area contributed by atoms with Crippen molar-refractivity contribution in [2.45, 2.75) is 109 Å². The molecular formula is C23H40N4O2S. The maximum absolute atomic E-state index is 12.5. The number of nitrogens with one attached hydrogen (secondary N) is 1. The quantitative estimate of drug-likeness (QED) is 0.273. The van der Waals surface area contributed by atoms with E-state index in [0.29, 0.717) is 11.2 Å². The molecule has 7 heteroatoms. The van der Waals surface area contributed by atoms with E-state index in [1.165, 1.54) is 68.8 Å². The Morgan fingerprint density at radius 3 is 2.03 bits per heavy atom. The molecule has 170 valence electrons. The molecule has 2 aromatic rings. The van der Waals surface area contributed by atoms with Gasteiger partial charge in [-0.1, -0.05) is 96.2 Å². The molecule has 0 saturated carbocycles. The minimum absolute atomic E-state index is 0.326. The molecule has 2 aromatic heterocycles. The highest BCUT2D eigenvalue weighted by molar-refractivity contribution is 7.99. The van der Waals surface area contributed by atoms with Crippen LogP contribution in [-0.2, 0) is 13.6 Å². The number of imidazole rings is 1. The molecule has 30 heavy (non-hydrogen) atoms. The summed E-state index contributed by atoms with van der Waals surface area (Å²) in [6, 6.07) is 0. The van der Waals surface area contributed by atoms with Gasteiger partial charge in [0.05, 0.1) is 0 Å². The number of thioether (sulfide) groups is 1. The Hall–Kier alpha value is -1.50. The number of hydrogen-bond donors (Lipinski definition) is 1. The largest absolute Gasteiger partial charge is 0.329 e. The summed E-state index contributed by atoms with van der Waals surface area (Å²) in [5, 5.41) is 0.870. The second-order valence-electron chi connectivity index (χ2n) is 8.27. The SMILES string of the molecule is CCCCCCCCCCSc1nc2c(c(=O)[nH]c(=O)n2C)n1CCCCCCC. The highest BCUT2D eigenvalue weighted by Gasteiger charge is 2.17. The van der Waals surface area contributed by atoms with E-state index in [0.717, 1.165) is 36.7 Å². The predicted molar refractivity (Wildman–Crippen MR) is 128 cm³/mol. The molecule has 1 N–H and O–H groups in total. The van der Waals surface area contributed by atoms with E-state index in [4.69, 9.17) is 0 Å². The number of fused-ring (bicyclic) bond motifs is 1. The van der Waals surface area contributed by atoms with Crippen LogP contribution in [0.2, 0.25) is 0 Å². The standard InChI is InChI=1S/C23H40N4O2S/c1-4-6-8-10-11-12-14-16-18-30-23-24-20-19(21(28)25-22(29)26(20)3)27(23)17-15-13-9-7-5-2/h4-18H2,1-3H3,(H,25,28,29). The smallest absolute Gasteiger partial charge is 0.313 e. The number of rotatable bonds is 16. The number of unbranched alkanes of at least 4 members (excludes halogenated alkanes) is 11. The maximum Gasteiger partial charge on any atom is 0.329 e. The van der Waals surface area contributed by atoms with E-state index in [1.807, 2.05) is 4.57 Å². The van der Waals surface area contributed by atoms with Crippen molar-refractivity contribution in [3.8, 4) is 0 Å². The van der Waals surface area contributed by atoms with Gasteiger partial charge in [-0.05, 0) is 12.8 Å². The molecule has 2 heterocycles. The molecule has 0 atom stereocenters. The van der Waals surface area contributed by atoms with Gasteiger partial charge in [-0.25, -0.2) is 9.78 Å². The molecule has 0 aromatic carbocycles. The van der Waals surface area contributed by atoms with E-state index in [2.05, 4.69) is 23.8 Å². The molecule has 0 bridgehead atoms. The van der Waals surface area contributed by atoms with Crippen LogP contribution < -0.4 is 11.2 Å². The van der Waals surface area contributed by atoms with Crippen molar-refractivity contribution in [1.82, 2.24) is 19.1 Å². The van der Waals surface area contributed by atoms with Gasteiger partial charge in [0.25, 0.3) is 5.56 Å². The van der Waals surface area contributed by atoms with Crippen LogP contribution in [0.25, 0.3) is 11.2 Å². The Morgan fingerprint density at radius 1 is 0.833 bits per heavy atom. The average Bonchev–Trinajstić information content (AvgIpc) is 3.10. The number of aromatic nitrogens is 4. The minimum Gasteiger partial charge on any atom is -0.313 e. The molecule has 0 amide bonds. The lowest BCUT2D eigenvalue weighted by atomic mass is 10.1. The summed E-state index contributed by atoms with van der Waals surface area (Å²) in [4.78, 5) is 31.6. The fourth-order valence-corrected chi connectivity index (χ4v) is 4.83. The van der Waals surface area contributed by atoms with Crippen LogP contribution in [0, 0.1) is 0 Å². The molecule has 0 aliphatic carbocycles. The number of H-pyrrole nitrogens is 1. The monoisotopic (exact) mass is 436 g/mol. The van der Waals surface area contributed by atoms with Gasteiger partial charge >= 0.3 is 5.69 Å². The van der Waals surface area contributed by atoms with Crippen molar-refractivity contribution in [2.24, 2.45) is 7.05 Å². The maximum atomic E-state index is 12.5. The molecule has 0 spiro atoms. The summed E-state index contributed by atoms with van der Waals surface area (Å²) in [5.74, 6) is 1.000. The van der Waals surface area contributed by atoms with Gasteiger partial charge < -0.3 is 4.57 Å². The third kappa shape index (κ3) is 7.33. The second kappa shape index (κ2) is 13.7. The molecule has 6 nitrogen and oxygen atoms in total. The molecular weight excluding hydrogens is 396 g/mol. The Balaban J connectivity index is 1.98. The lowest BCUT2D eigenvalue weighted by molar-refractivity contribution is 0.551. The van der Waals surface area contributed by atoms with Crippen molar-refractivity contribution in [3.63, 3.8) is 0 Å². The van der Waals surface area contributed by atoms with Crippen LogP contribution in [0.3, 0.4) is 0 Å². The van der Waals surface area contributed by atoms with Crippen molar-refractivity contribution in [2.75, 3.05) is 5.75 Å². The molecule has 0 saturated heterocycles. The summed E-state index contributed by atoms with van der Waals surface area (Å²) in [6.07, 6.45) is 16.3. The molecule has 0 aliphatic heterocycles. The molecule has 0 radical (unpaired) electrons. The van der Waals surface area contributed by atoms with E-state index in [9.17, 15) is 9.59 Å². The van der Waals surface area contributed by atoms with Crippen LogP contribution in [0.5, 0.6) is 0 Å². The highest BCUT2D eigenvalue weighted by Crippen LogP contribution is 2.24. The van der Waals surface area contributed by atoms with Crippen LogP contribution in [0.15, 0.2) is 14.7 Å². The Labute approximate surface area is 184 Å². The number of nitrogens with zero attached hydrogens (tertiary/aromatic N) is 3. The van der Waals surface area contributed by atoms with E-state index < -0.39 is 5.69 Å². The number of aromatic amines is 1. The van der Waals surface area contributed by atoms with Gasteiger partial charge in [-0.2, -0.15) is 0 Å². The van der Waals surface area contributed by atoms with E-state index in [-0.39, 0.29) is 5.56 Å². The summed E-state index contributed by atoms with van der Waals surface area (Å²) in [6.45, 7) is 5.24. The summed E-state index contributed by atoms with van der Waals surface area (Å²) < 4.78 is 3.49. The van der Waals surface area contributed by atoms with Crippen LogP contribution in [-0.4, -0.2) is 24.9 Å². The Bertz CT molecular complexity index is 868. The first kappa shape index (κ1) is 24.8. The predicted octanol–water partition coefficient (Wildman–Crippen LogP) is 5.63. The van der Waals surface area contributed by atoms with Gasteiger partial charge in [0.1, 0.15) is 0 Å². The average molecular weight is 437 g/mol. The van der Waals surface area contributed by atoms with Crippen molar-refractivity contribution < 1.29 is 0 Å². The topological polar surface area (TPSA) is 72.7 Å². The summed E-state index contributed by atoms with van der Waals surface area (Å²) in [7, 11) is 1.67. The fourth-order valence-electron chi connectivity index (χ4n) is 3.81. The zero-order chi connectivity index (χ0) is 21.8. The third-order valence-corrected chi connectivity index (χ3v) is 6.75. The molecule has 2 rings (SSSR count). The Morgan fingerprint density at radius 2 is 1.40 bits per heavy atom. The van der Waals surface area contributed by atoms with Crippen molar-refractivity contribution >= 4 is 22.9 Å². The second-order valence-corrected chi connectivity index (χ2v) is 9.34. The number of hydrogen-bond acceptors (Lipinski definition) is 4. The lowest BCUT2D eigenvalue weighted by Gasteiger charge is -2.08. The van der Waals surface area contributed by atoms with Crippen LogP contribution in [0.4, 0.5) is 0 Å². The lowest BCUT2D eigenvalue weighted by Crippen LogP contribution is -2.29. The van der Waals surface area contributed by atoms with Gasteiger partial charge in [0, 0.05) is 19.3 Å². The zero-order valence-corrected chi connectivity index (χ0v) is 20.0. The fraction of sp³-hybridized carbons (Fsp3) is 0.783. The van der Waals surface area contributed by atoms with Gasteiger partial charge in [0.15, 0.2) is 16.3 Å². The van der Waals surface area contributed by atoms with E-state index in [1.54, 1.807) is 18.8 Å². The first-order valence-corrected chi connectivity index (χ1v) is 12.9. The summed E-state index contributed by atoms with van der Waals surface area (Å²) in [5.41, 5.74) is 0.301. The first-order valence-electron chi connectivity index (χ1n) is 11.9. The first-order chi connectivity index (χ1) is 14.6. The zero-order valence-electron chi connectivity index (χ0n) is 19.2. The molecule has 0 aliphatic rings. The number of aryl methyl sites for hydroxylation is 2. The van der Waals surface area contributed by atoms with Gasteiger partial charge in [-0.3, -0.25) is 14.3 Å². The molecule has 0 unspecified atom stereocenters. The third-order valence-electron chi connectivity index (χ3n) is 5.69. The van der Waals surface area contributed by atoms with Crippen LogP contribution >= 0.6 is 11.8 Å². The van der Waals surface area contributed by atoms with Crippen LogP contribution in [0.1, 0.15) is 97.3 Å². The normalized spacial score (nSPS) is 11.6. The Kier molecular flexibility index (Phi) is 11.3. The van der Waals surface area contributed by atoms with Gasteiger partial charge in [0.2, 0.25) is 0 Å². The highest BCUT2D eigenvalue weighted by atomic mass is 32.2. The van der Waals surface area contributed by atoms with Crippen molar-refractivity contribution in [3.05, 3.63) is 20.8 Å². The minimum atomic E-state index is -0.403. The summed E-state index contributed by atoms with van der Waals surface area (Å²) >= 11 is 1.72. The molecule has 0 fully saturated rings. The van der Waals surface area contributed by atoms with Crippen molar-refractivity contribution in [1.29, 1.82) is 0 Å².